The Hall–Kier alpha value is -2.63. The van der Waals surface area contributed by atoms with Gasteiger partial charge in [-0.3, -0.25) is 14.5 Å². The monoisotopic (exact) mass is 327 g/mol. The van der Waals surface area contributed by atoms with Gasteiger partial charge in [0.2, 0.25) is 11.8 Å². The number of carbonyl (C=O) groups is 2. The molecule has 6 heteroatoms. The first-order valence-electron chi connectivity index (χ1n) is 7.92. The highest BCUT2D eigenvalue weighted by Gasteiger charge is 2.42. The number of nitrogens with zero attached hydrogens (tertiary/aromatic N) is 2. The molecule has 0 radical (unpaired) electrons. The van der Waals surface area contributed by atoms with Crippen molar-refractivity contribution in [3.63, 3.8) is 0 Å². The second kappa shape index (κ2) is 5.78. The Labute approximate surface area is 140 Å². The van der Waals surface area contributed by atoms with Crippen LogP contribution in [0.2, 0.25) is 0 Å². The molecule has 1 N–H and O–H groups in total. The van der Waals surface area contributed by atoms with Gasteiger partial charge in [-0.05, 0) is 19.1 Å². The summed E-state index contributed by atoms with van der Waals surface area (Å²) in [6, 6.07) is 8.73. The maximum absolute atomic E-state index is 12.5. The molecule has 1 saturated heterocycles. The number of aryl methyl sites for hydroxylation is 1. The molecular formula is C18H21N3O3. The van der Waals surface area contributed by atoms with Crippen molar-refractivity contribution in [1.82, 2.24) is 5.16 Å². The maximum Gasteiger partial charge on any atom is 0.249 e. The topological polar surface area (TPSA) is 75.4 Å². The lowest BCUT2D eigenvalue weighted by Crippen LogP contribution is -2.58. The Balaban J connectivity index is 1.72. The number of aromatic nitrogens is 1. The fourth-order valence-electron chi connectivity index (χ4n) is 2.55. The number of β-lactam (4-membered cyclic amide) rings is 1. The van der Waals surface area contributed by atoms with E-state index in [0.717, 1.165) is 11.3 Å². The van der Waals surface area contributed by atoms with E-state index in [0.29, 0.717) is 11.6 Å². The second-order valence-corrected chi connectivity index (χ2v) is 7.13. The lowest BCUT2D eigenvalue weighted by Gasteiger charge is -2.39. The van der Waals surface area contributed by atoms with Gasteiger partial charge in [0.1, 0.15) is 11.8 Å². The molecule has 0 spiro atoms. The highest BCUT2D eigenvalue weighted by atomic mass is 16.5. The van der Waals surface area contributed by atoms with E-state index in [-0.39, 0.29) is 23.7 Å². The van der Waals surface area contributed by atoms with Gasteiger partial charge in [0.05, 0.1) is 6.42 Å². The number of benzene rings is 1. The summed E-state index contributed by atoms with van der Waals surface area (Å²) >= 11 is 0. The molecule has 1 atom stereocenters. The van der Waals surface area contributed by atoms with Crippen molar-refractivity contribution in [2.75, 3.05) is 10.2 Å². The largest absolute Gasteiger partial charge is 0.359 e. The Bertz CT molecular complexity index is 772. The van der Waals surface area contributed by atoms with Gasteiger partial charge < -0.3 is 9.84 Å². The van der Waals surface area contributed by atoms with Crippen LogP contribution in [0.3, 0.4) is 0 Å². The van der Waals surface area contributed by atoms with E-state index in [1.165, 1.54) is 4.90 Å². The molecule has 3 rings (SSSR count). The summed E-state index contributed by atoms with van der Waals surface area (Å²) < 4.78 is 5.26. The molecular weight excluding hydrogens is 306 g/mol. The highest BCUT2D eigenvalue weighted by molar-refractivity contribution is 6.13. The maximum atomic E-state index is 12.5. The van der Waals surface area contributed by atoms with E-state index in [9.17, 15) is 9.59 Å². The Kier molecular flexibility index (Phi) is 3.91. The summed E-state index contributed by atoms with van der Waals surface area (Å²) in [6.07, 6.45) is 0.198. The van der Waals surface area contributed by atoms with Crippen LogP contribution in [0.4, 0.5) is 11.5 Å². The summed E-state index contributed by atoms with van der Waals surface area (Å²) in [5, 5.41) is 6.61. The van der Waals surface area contributed by atoms with Crippen molar-refractivity contribution in [2.24, 2.45) is 0 Å². The molecule has 0 unspecified atom stereocenters. The SMILES string of the molecule is Cc1ccc(N2C(=O)C[C@H]2C(=O)Nc2cc(C(C)(C)C)on2)cc1. The van der Waals surface area contributed by atoms with Crippen LogP contribution in [0.5, 0.6) is 0 Å². The molecule has 1 fully saturated rings. The van der Waals surface area contributed by atoms with E-state index in [2.05, 4.69) is 10.5 Å². The Morgan fingerprint density at radius 3 is 2.50 bits per heavy atom. The quantitative estimate of drug-likeness (QED) is 0.879. The first-order chi connectivity index (χ1) is 11.3. The van der Waals surface area contributed by atoms with Crippen LogP contribution in [-0.4, -0.2) is 23.0 Å². The van der Waals surface area contributed by atoms with Gasteiger partial charge in [0.15, 0.2) is 5.82 Å². The van der Waals surface area contributed by atoms with Crippen LogP contribution in [0.15, 0.2) is 34.9 Å². The summed E-state index contributed by atoms with van der Waals surface area (Å²) in [4.78, 5) is 25.9. The first kappa shape index (κ1) is 16.2. The zero-order valence-corrected chi connectivity index (χ0v) is 14.3. The van der Waals surface area contributed by atoms with Gasteiger partial charge >= 0.3 is 0 Å². The summed E-state index contributed by atoms with van der Waals surface area (Å²) in [5.74, 6) is 0.740. The van der Waals surface area contributed by atoms with Gasteiger partial charge in [-0.2, -0.15) is 0 Å². The Morgan fingerprint density at radius 1 is 1.29 bits per heavy atom. The molecule has 6 nitrogen and oxygen atoms in total. The molecule has 1 aliphatic rings. The van der Waals surface area contributed by atoms with Gasteiger partial charge in [0.25, 0.3) is 0 Å². The third-order valence-electron chi connectivity index (χ3n) is 4.06. The summed E-state index contributed by atoms with van der Waals surface area (Å²) in [7, 11) is 0. The van der Waals surface area contributed by atoms with Crippen molar-refractivity contribution in [3.8, 4) is 0 Å². The van der Waals surface area contributed by atoms with Gasteiger partial charge in [-0.15, -0.1) is 0 Å². The molecule has 24 heavy (non-hydrogen) atoms. The minimum absolute atomic E-state index is 0.0606. The average Bonchev–Trinajstić information content (AvgIpc) is 2.95. The van der Waals surface area contributed by atoms with Crippen LogP contribution >= 0.6 is 0 Å². The zero-order chi connectivity index (χ0) is 17.5. The molecule has 2 amide bonds. The number of amides is 2. The third-order valence-corrected chi connectivity index (χ3v) is 4.06. The van der Waals surface area contributed by atoms with Gasteiger partial charge in [-0.25, -0.2) is 0 Å². The molecule has 0 bridgehead atoms. The van der Waals surface area contributed by atoms with E-state index in [1.54, 1.807) is 6.07 Å². The van der Waals surface area contributed by atoms with Crippen molar-refractivity contribution < 1.29 is 14.1 Å². The van der Waals surface area contributed by atoms with Gasteiger partial charge in [0, 0.05) is 17.2 Å². The van der Waals surface area contributed by atoms with Crippen molar-refractivity contribution in [1.29, 1.82) is 0 Å². The number of rotatable bonds is 3. The van der Waals surface area contributed by atoms with E-state index >= 15 is 0 Å². The molecule has 1 aromatic heterocycles. The first-order valence-corrected chi connectivity index (χ1v) is 7.92. The number of anilines is 2. The number of hydrogen-bond donors (Lipinski definition) is 1. The molecule has 1 aromatic carbocycles. The lowest BCUT2D eigenvalue weighted by molar-refractivity contribution is -0.131. The fourth-order valence-corrected chi connectivity index (χ4v) is 2.55. The zero-order valence-electron chi connectivity index (χ0n) is 14.3. The smallest absolute Gasteiger partial charge is 0.249 e. The van der Waals surface area contributed by atoms with Gasteiger partial charge in [-0.1, -0.05) is 43.6 Å². The van der Waals surface area contributed by atoms with Crippen molar-refractivity contribution >= 4 is 23.3 Å². The number of nitrogens with one attached hydrogen (secondary N) is 1. The van der Waals surface area contributed by atoms with Crippen LogP contribution < -0.4 is 10.2 Å². The number of carbonyl (C=O) groups excluding carboxylic acids is 2. The van der Waals surface area contributed by atoms with Crippen LogP contribution in [-0.2, 0) is 15.0 Å². The van der Waals surface area contributed by atoms with E-state index in [4.69, 9.17) is 4.52 Å². The van der Waals surface area contributed by atoms with Crippen molar-refractivity contribution in [3.05, 3.63) is 41.7 Å². The van der Waals surface area contributed by atoms with Crippen LogP contribution in [0.25, 0.3) is 0 Å². The highest BCUT2D eigenvalue weighted by Crippen LogP contribution is 2.29. The minimum atomic E-state index is -0.519. The second-order valence-electron chi connectivity index (χ2n) is 7.13. The standard InChI is InChI=1S/C18H21N3O3/c1-11-5-7-12(8-6-11)21-13(9-16(21)22)17(23)19-15-10-14(24-20-15)18(2,3)4/h5-8,10,13H,9H2,1-4H3,(H,19,20,23)/t13-/m0/s1. The molecule has 126 valence electrons. The van der Waals surface area contributed by atoms with E-state index < -0.39 is 6.04 Å². The van der Waals surface area contributed by atoms with Crippen molar-refractivity contribution in [2.45, 2.75) is 45.6 Å². The summed E-state index contributed by atoms with van der Waals surface area (Å²) in [6.45, 7) is 7.98. The average molecular weight is 327 g/mol. The summed E-state index contributed by atoms with van der Waals surface area (Å²) in [5.41, 5.74) is 1.65. The van der Waals surface area contributed by atoms with Crippen LogP contribution in [0.1, 0.15) is 38.5 Å². The Morgan fingerprint density at radius 2 is 1.96 bits per heavy atom. The van der Waals surface area contributed by atoms with E-state index in [1.807, 2.05) is 52.0 Å². The predicted octanol–water partition coefficient (Wildman–Crippen LogP) is 3.02. The third kappa shape index (κ3) is 3.04. The number of hydrogen-bond acceptors (Lipinski definition) is 4. The normalized spacial score (nSPS) is 17.6. The molecule has 0 saturated carbocycles. The molecule has 0 aliphatic carbocycles. The molecule has 2 aromatic rings. The molecule has 2 heterocycles. The minimum Gasteiger partial charge on any atom is -0.359 e. The predicted molar refractivity (Wildman–Crippen MR) is 90.9 cm³/mol. The lowest BCUT2D eigenvalue weighted by atomic mass is 9.93. The van der Waals surface area contributed by atoms with Crippen LogP contribution in [0, 0.1) is 6.92 Å². The molecule has 1 aliphatic heterocycles. The fraction of sp³-hybridized carbons (Fsp3) is 0.389.